The number of hydrogen-bond donors (Lipinski definition) is 0. The minimum absolute atomic E-state index is 0.174. The first-order chi connectivity index (χ1) is 15.5. The van der Waals surface area contributed by atoms with E-state index in [0.717, 1.165) is 29.8 Å². The van der Waals surface area contributed by atoms with Crippen molar-refractivity contribution in [2.24, 2.45) is 0 Å². The summed E-state index contributed by atoms with van der Waals surface area (Å²) < 4.78 is 11.1. The van der Waals surface area contributed by atoms with Gasteiger partial charge in [0, 0.05) is 25.6 Å². The van der Waals surface area contributed by atoms with Crippen LogP contribution in [0.3, 0.4) is 0 Å². The van der Waals surface area contributed by atoms with Crippen LogP contribution in [0.5, 0.6) is 5.88 Å². The van der Waals surface area contributed by atoms with E-state index in [1.54, 1.807) is 0 Å². The molecule has 0 amide bonds. The number of nitrogens with zero attached hydrogens (tertiary/aromatic N) is 2. The lowest BCUT2D eigenvalue weighted by Crippen LogP contribution is -2.36. The number of aryl methyl sites for hydroxylation is 1. The van der Waals surface area contributed by atoms with E-state index in [1.807, 2.05) is 13.0 Å². The third-order valence-corrected chi connectivity index (χ3v) is 6.02. The molecular weight excluding hydrogens is 400 g/mol. The monoisotopic (exact) mass is 430 g/mol. The van der Waals surface area contributed by atoms with Crippen molar-refractivity contribution in [2.45, 2.75) is 40.3 Å². The Morgan fingerprint density at radius 3 is 2.66 bits per heavy atom. The van der Waals surface area contributed by atoms with Gasteiger partial charge >= 0.3 is 5.97 Å². The number of esters is 1. The molecule has 1 aromatic heterocycles. The second-order valence-corrected chi connectivity index (χ2v) is 8.21. The molecule has 2 heterocycles. The molecular formula is C27H30N2O3. The Morgan fingerprint density at radius 2 is 1.84 bits per heavy atom. The highest BCUT2D eigenvalue weighted by molar-refractivity contribution is 5.72. The first kappa shape index (κ1) is 22.0. The van der Waals surface area contributed by atoms with E-state index in [1.165, 1.54) is 22.3 Å². The van der Waals surface area contributed by atoms with Gasteiger partial charge in [0.2, 0.25) is 5.88 Å². The third-order valence-electron chi connectivity index (χ3n) is 6.02. The number of fused-ring (bicyclic) bond motifs is 1. The molecule has 0 spiro atoms. The van der Waals surface area contributed by atoms with Crippen LogP contribution in [-0.4, -0.2) is 35.5 Å². The van der Waals surface area contributed by atoms with E-state index in [4.69, 9.17) is 14.5 Å². The van der Waals surface area contributed by atoms with Gasteiger partial charge in [-0.15, -0.1) is 0 Å². The Labute approximate surface area is 190 Å². The van der Waals surface area contributed by atoms with Gasteiger partial charge in [-0.05, 0) is 54.2 Å². The smallest absolute Gasteiger partial charge is 0.320 e. The van der Waals surface area contributed by atoms with Gasteiger partial charge in [0.15, 0.2) is 0 Å². The van der Waals surface area contributed by atoms with Crippen LogP contribution in [0.25, 0.3) is 11.1 Å². The van der Waals surface area contributed by atoms with Gasteiger partial charge in [-0.1, -0.05) is 48.5 Å². The molecule has 1 aliphatic rings. The fourth-order valence-corrected chi connectivity index (χ4v) is 4.22. The highest BCUT2D eigenvalue weighted by Crippen LogP contribution is 2.29. The van der Waals surface area contributed by atoms with E-state index in [0.29, 0.717) is 32.2 Å². The molecule has 0 saturated carbocycles. The molecule has 0 fully saturated rings. The Balaban J connectivity index is 1.43. The van der Waals surface area contributed by atoms with E-state index >= 15 is 0 Å². The fraction of sp³-hybridized carbons (Fsp3) is 0.333. The molecule has 0 atom stereocenters. The maximum Gasteiger partial charge on any atom is 0.320 e. The molecule has 166 valence electrons. The lowest BCUT2D eigenvalue weighted by Gasteiger charge is -2.27. The number of hydrogen-bond acceptors (Lipinski definition) is 5. The van der Waals surface area contributed by atoms with Gasteiger partial charge in [-0.3, -0.25) is 9.69 Å². The van der Waals surface area contributed by atoms with Crippen molar-refractivity contribution in [2.75, 3.05) is 19.7 Å². The lowest BCUT2D eigenvalue weighted by molar-refractivity contribution is -0.144. The lowest BCUT2D eigenvalue weighted by atomic mass is 9.94. The molecule has 0 unspecified atom stereocenters. The minimum atomic E-state index is -0.174. The minimum Gasteiger partial charge on any atom is -0.473 e. The van der Waals surface area contributed by atoms with Gasteiger partial charge in [0.25, 0.3) is 0 Å². The van der Waals surface area contributed by atoms with Crippen molar-refractivity contribution in [3.05, 3.63) is 82.5 Å². The Hall–Kier alpha value is -3.18. The molecule has 1 aliphatic heterocycles. The Morgan fingerprint density at radius 1 is 1.03 bits per heavy atom. The van der Waals surface area contributed by atoms with Crippen molar-refractivity contribution in [3.63, 3.8) is 0 Å². The van der Waals surface area contributed by atoms with E-state index in [-0.39, 0.29) is 5.97 Å². The summed E-state index contributed by atoms with van der Waals surface area (Å²) in [5.41, 5.74) is 8.34. The van der Waals surface area contributed by atoms with Crippen LogP contribution in [0.15, 0.2) is 54.6 Å². The number of ether oxygens (including phenoxy) is 2. The van der Waals surface area contributed by atoms with Crippen molar-refractivity contribution in [3.8, 4) is 17.0 Å². The molecule has 0 aliphatic carbocycles. The SMILES string of the molecule is CCOC(=O)CN1CCc2nc(OCc3cccc(-c4ccccc4C)c3C)ccc2C1. The molecule has 0 saturated heterocycles. The van der Waals surface area contributed by atoms with Gasteiger partial charge < -0.3 is 9.47 Å². The molecule has 4 rings (SSSR count). The van der Waals surface area contributed by atoms with Crippen LogP contribution in [0, 0.1) is 13.8 Å². The van der Waals surface area contributed by atoms with Crippen molar-refractivity contribution < 1.29 is 14.3 Å². The van der Waals surface area contributed by atoms with Crippen LogP contribution in [0.4, 0.5) is 0 Å². The third kappa shape index (κ3) is 5.00. The highest BCUT2D eigenvalue weighted by atomic mass is 16.5. The molecule has 0 N–H and O–H groups in total. The zero-order valence-corrected chi connectivity index (χ0v) is 19.1. The first-order valence-corrected chi connectivity index (χ1v) is 11.2. The molecule has 3 aromatic rings. The van der Waals surface area contributed by atoms with Crippen molar-refractivity contribution in [1.29, 1.82) is 0 Å². The van der Waals surface area contributed by atoms with Crippen molar-refractivity contribution in [1.82, 2.24) is 9.88 Å². The molecule has 0 radical (unpaired) electrons. The predicted octanol–water partition coefficient (Wildman–Crippen LogP) is 4.87. The summed E-state index contributed by atoms with van der Waals surface area (Å²) in [6.07, 6.45) is 0.799. The van der Waals surface area contributed by atoms with Crippen LogP contribution in [-0.2, 0) is 29.1 Å². The van der Waals surface area contributed by atoms with E-state index in [9.17, 15) is 4.79 Å². The zero-order valence-electron chi connectivity index (χ0n) is 19.1. The van der Waals surface area contributed by atoms with Gasteiger partial charge in [0.05, 0.1) is 18.8 Å². The van der Waals surface area contributed by atoms with Crippen LogP contribution in [0.1, 0.15) is 34.9 Å². The molecule has 32 heavy (non-hydrogen) atoms. The average Bonchev–Trinajstić information content (AvgIpc) is 2.79. The molecule has 2 aromatic carbocycles. The number of carbonyl (C=O) groups is 1. The molecule has 5 nitrogen and oxygen atoms in total. The number of pyridine rings is 1. The predicted molar refractivity (Wildman–Crippen MR) is 126 cm³/mol. The fourth-order valence-electron chi connectivity index (χ4n) is 4.22. The average molecular weight is 431 g/mol. The Kier molecular flexibility index (Phi) is 6.86. The number of rotatable bonds is 7. The second-order valence-electron chi connectivity index (χ2n) is 8.21. The number of carbonyl (C=O) groups excluding carboxylic acids is 1. The van der Waals surface area contributed by atoms with Gasteiger partial charge in [0.1, 0.15) is 6.61 Å². The van der Waals surface area contributed by atoms with E-state index in [2.05, 4.69) is 67.3 Å². The first-order valence-electron chi connectivity index (χ1n) is 11.2. The van der Waals surface area contributed by atoms with Gasteiger partial charge in [-0.25, -0.2) is 4.98 Å². The zero-order chi connectivity index (χ0) is 22.5. The standard InChI is InChI=1S/C27H30N2O3/c1-4-31-27(30)17-29-15-14-25-21(16-29)12-13-26(28-25)32-18-22-9-7-11-24(20(22)3)23-10-6-5-8-19(23)2/h5-13H,4,14-18H2,1-3H3. The topological polar surface area (TPSA) is 51.7 Å². The van der Waals surface area contributed by atoms with Crippen LogP contribution in [0.2, 0.25) is 0 Å². The van der Waals surface area contributed by atoms with Crippen LogP contribution >= 0.6 is 0 Å². The Bertz CT molecular complexity index is 1110. The van der Waals surface area contributed by atoms with Crippen molar-refractivity contribution >= 4 is 5.97 Å². The summed E-state index contributed by atoms with van der Waals surface area (Å²) in [5, 5.41) is 0. The highest BCUT2D eigenvalue weighted by Gasteiger charge is 2.20. The number of aromatic nitrogens is 1. The largest absolute Gasteiger partial charge is 0.473 e. The second kappa shape index (κ2) is 9.96. The maximum absolute atomic E-state index is 11.8. The van der Waals surface area contributed by atoms with Gasteiger partial charge in [-0.2, -0.15) is 0 Å². The summed E-state index contributed by atoms with van der Waals surface area (Å²) in [5.74, 6) is 0.468. The summed E-state index contributed by atoms with van der Waals surface area (Å²) in [4.78, 5) is 18.6. The normalized spacial score (nSPS) is 13.5. The van der Waals surface area contributed by atoms with Crippen LogP contribution < -0.4 is 4.74 Å². The molecule has 0 bridgehead atoms. The maximum atomic E-state index is 11.8. The quantitative estimate of drug-likeness (QED) is 0.501. The summed E-state index contributed by atoms with van der Waals surface area (Å²) in [6.45, 7) is 8.84. The summed E-state index contributed by atoms with van der Waals surface area (Å²) in [7, 11) is 0. The van der Waals surface area contributed by atoms with E-state index < -0.39 is 0 Å². The summed E-state index contributed by atoms with van der Waals surface area (Å²) in [6, 6.07) is 18.8. The number of benzene rings is 2. The summed E-state index contributed by atoms with van der Waals surface area (Å²) >= 11 is 0. The molecule has 5 heteroatoms.